The fourth-order valence-corrected chi connectivity index (χ4v) is 4.17. The lowest BCUT2D eigenvalue weighted by Gasteiger charge is -2.26. The van der Waals surface area contributed by atoms with Crippen LogP contribution >= 0.6 is 0 Å². The number of unbranched alkanes of at least 4 members (excludes halogenated alkanes) is 2. The van der Waals surface area contributed by atoms with E-state index in [2.05, 4.69) is 22.8 Å². The molecule has 0 radical (unpaired) electrons. The Morgan fingerprint density at radius 2 is 1.87 bits per heavy atom. The minimum absolute atomic E-state index is 0.0868. The zero-order valence-electron chi connectivity index (χ0n) is 18.7. The van der Waals surface area contributed by atoms with Gasteiger partial charge in [0, 0.05) is 25.9 Å². The Balaban J connectivity index is 1.67. The largest absolute Gasteiger partial charge is 0.449 e. The molecule has 0 aromatic rings. The molecule has 9 heteroatoms. The van der Waals surface area contributed by atoms with Crippen LogP contribution in [0.15, 0.2) is 12.2 Å². The van der Waals surface area contributed by atoms with E-state index in [0.29, 0.717) is 30.4 Å². The molecule has 2 aliphatic heterocycles. The number of nitrogens with one attached hydrogen (secondary N) is 2. The predicted octanol–water partition coefficient (Wildman–Crippen LogP) is 2.39. The Kier molecular flexibility index (Phi) is 10.8. The van der Waals surface area contributed by atoms with Crippen molar-refractivity contribution in [1.29, 1.82) is 0 Å². The molecule has 3 N–H and O–H groups in total. The van der Waals surface area contributed by atoms with Crippen LogP contribution in [0.4, 0.5) is 4.79 Å². The summed E-state index contributed by atoms with van der Waals surface area (Å²) in [4.78, 5) is 35.0. The maximum Gasteiger partial charge on any atom is 0.407 e. The van der Waals surface area contributed by atoms with E-state index in [4.69, 9.17) is 14.7 Å². The molecule has 3 amide bonds. The van der Waals surface area contributed by atoms with E-state index in [1.807, 2.05) is 6.92 Å². The number of alkyl carbamates (subject to hydrolysis) is 1. The predicted molar refractivity (Wildman–Crippen MR) is 114 cm³/mol. The minimum atomic E-state index is -0.582. The van der Waals surface area contributed by atoms with Crippen LogP contribution in [-0.2, 0) is 19.1 Å². The van der Waals surface area contributed by atoms with Crippen LogP contribution in [0, 0.1) is 11.8 Å². The van der Waals surface area contributed by atoms with Gasteiger partial charge in [-0.1, -0.05) is 25.5 Å². The van der Waals surface area contributed by atoms with Crippen LogP contribution in [0.3, 0.4) is 0 Å². The molecule has 0 saturated carbocycles. The molecule has 2 fully saturated rings. The average Bonchev–Trinajstić information content (AvgIpc) is 3.35. The molecule has 2 aliphatic rings. The number of hydrogen-bond acceptors (Lipinski definition) is 6. The Morgan fingerprint density at radius 1 is 1.13 bits per heavy atom. The SMILES string of the molecule is CCCCNC(=O)CNC(=O)OC[C@H]1[C@@H](CC=CCCCC(=O)N(C)O)[C@H]2CC[C@@H]1O2. The van der Waals surface area contributed by atoms with Gasteiger partial charge in [0.25, 0.3) is 0 Å². The molecular formula is C22H37N3O6. The maximum absolute atomic E-state index is 12.0. The number of rotatable bonds is 13. The summed E-state index contributed by atoms with van der Waals surface area (Å²) in [6.45, 7) is 2.85. The number of carbonyl (C=O) groups excluding carboxylic acids is 3. The van der Waals surface area contributed by atoms with E-state index in [9.17, 15) is 14.4 Å². The highest BCUT2D eigenvalue weighted by molar-refractivity contribution is 5.82. The molecular weight excluding hydrogens is 402 g/mol. The summed E-state index contributed by atoms with van der Waals surface area (Å²) in [5.74, 6) is -0.0599. The average molecular weight is 440 g/mol. The molecule has 0 spiro atoms. The van der Waals surface area contributed by atoms with Crippen LogP contribution in [0.2, 0.25) is 0 Å². The quantitative estimate of drug-likeness (QED) is 0.176. The van der Waals surface area contributed by atoms with Crippen molar-refractivity contribution in [2.75, 3.05) is 26.7 Å². The van der Waals surface area contributed by atoms with Crippen molar-refractivity contribution in [3.05, 3.63) is 12.2 Å². The maximum atomic E-state index is 12.0. The number of nitrogens with zero attached hydrogens (tertiary/aromatic N) is 1. The standard InChI is InChI=1S/C22H37N3O6/c1-3-4-13-23-20(26)14-24-22(28)30-15-17-16(18-11-12-19(17)31-18)9-7-5-6-8-10-21(27)25(2)29/h5,7,16-19,29H,3-4,6,8-15H2,1-2H3,(H,23,26)(H,24,28)/t16-,17+,18-,19+/m1/s1. The Bertz CT molecular complexity index is 624. The third kappa shape index (κ3) is 8.49. The molecule has 176 valence electrons. The summed E-state index contributed by atoms with van der Waals surface area (Å²) in [6, 6.07) is 0. The highest BCUT2D eigenvalue weighted by atomic mass is 16.6. The highest BCUT2D eigenvalue weighted by Gasteiger charge is 2.48. The van der Waals surface area contributed by atoms with Gasteiger partial charge in [-0.3, -0.25) is 14.8 Å². The second-order valence-corrected chi connectivity index (χ2v) is 8.29. The van der Waals surface area contributed by atoms with Gasteiger partial charge in [-0.2, -0.15) is 0 Å². The van der Waals surface area contributed by atoms with Gasteiger partial charge in [0.05, 0.1) is 25.4 Å². The molecule has 0 aromatic heterocycles. The number of fused-ring (bicyclic) bond motifs is 2. The second kappa shape index (κ2) is 13.3. The van der Waals surface area contributed by atoms with Gasteiger partial charge < -0.3 is 20.1 Å². The van der Waals surface area contributed by atoms with E-state index in [1.54, 1.807) is 0 Å². The van der Waals surface area contributed by atoms with Crippen molar-refractivity contribution < 1.29 is 29.1 Å². The zero-order valence-corrected chi connectivity index (χ0v) is 18.7. The van der Waals surface area contributed by atoms with Gasteiger partial charge in [0.2, 0.25) is 11.8 Å². The monoisotopic (exact) mass is 439 g/mol. The van der Waals surface area contributed by atoms with Crippen molar-refractivity contribution in [3.63, 3.8) is 0 Å². The number of amides is 3. The van der Waals surface area contributed by atoms with Gasteiger partial charge in [-0.05, 0) is 44.4 Å². The number of hydroxylamine groups is 2. The summed E-state index contributed by atoms with van der Waals surface area (Å²) in [6.07, 6.45) is 10.4. The van der Waals surface area contributed by atoms with Crippen LogP contribution in [-0.4, -0.2) is 67.1 Å². The summed E-state index contributed by atoms with van der Waals surface area (Å²) in [5.41, 5.74) is 0. The van der Waals surface area contributed by atoms with Crippen LogP contribution in [0.25, 0.3) is 0 Å². The van der Waals surface area contributed by atoms with Gasteiger partial charge in [-0.15, -0.1) is 0 Å². The van der Waals surface area contributed by atoms with E-state index >= 15 is 0 Å². The molecule has 2 heterocycles. The lowest BCUT2D eigenvalue weighted by Crippen LogP contribution is -2.39. The summed E-state index contributed by atoms with van der Waals surface area (Å²) in [7, 11) is 1.33. The normalized spacial score (nSPS) is 24.4. The van der Waals surface area contributed by atoms with Gasteiger partial charge >= 0.3 is 6.09 Å². The molecule has 2 bridgehead atoms. The van der Waals surface area contributed by atoms with Gasteiger partial charge in [0.15, 0.2) is 0 Å². The van der Waals surface area contributed by atoms with Crippen molar-refractivity contribution >= 4 is 17.9 Å². The Morgan fingerprint density at radius 3 is 2.58 bits per heavy atom. The summed E-state index contributed by atoms with van der Waals surface area (Å²) in [5, 5.41) is 14.9. The highest BCUT2D eigenvalue weighted by Crippen LogP contribution is 2.45. The fourth-order valence-electron chi connectivity index (χ4n) is 4.17. The van der Waals surface area contributed by atoms with Crippen LogP contribution in [0.5, 0.6) is 0 Å². The lowest BCUT2D eigenvalue weighted by atomic mass is 9.78. The third-order valence-electron chi connectivity index (χ3n) is 5.94. The van der Waals surface area contributed by atoms with Crippen molar-refractivity contribution in [1.82, 2.24) is 15.7 Å². The van der Waals surface area contributed by atoms with E-state index in [0.717, 1.165) is 38.5 Å². The third-order valence-corrected chi connectivity index (χ3v) is 5.94. The first-order valence-corrected chi connectivity index (χ1v) is 11.4. The van der Waals surface area contributed by atoms with E-state index in [1.165, 1.54) is 7.05 Å². The smallest absolute Gasteiger partial charge is 0.407 e. The van der Waals surface area contributed by atoms with Gasteiger partial charge in [0.1, 0.15) is 0 Å². The topological polar surface area (TPSA) is 117 Å². The first-order chi connectivity index (χ1) is 14.9. The molecule has 0 unspecified atom stereocenters. The van der Waals surface area contributed by atoms with E-state index in [-0.39, 0.29) is 43.1 Å². The molecule has 31 heavy (non-hydrogen) atoms. The van der Waals surface area contributed by atoms with Crippen LogP contribution < -0.4 is 10.6 Å². The van der Waals surface area contributed by atoms with Crippen molar-refractivity contribution in [2.24, 2.45) is 11.8 Å². The molecule has 0 aromatic carbocycles. The lowest BCUT2D eigenvalue weighted by molar-refractivity contribution is -0.159. The minimum Gasteiger partial charge on any atom is -0.449 e. The van der Waals surface area contributed by atoms with Gasteiger partial charge in [-0.25, -0.2) is 9.86 Å². The van der Waals surface area contributed by atoms with Crippen molar-refractivity contribution in [3.8, 4) is 0 Å². The molecule has 2 saturated heterocycles. The van der Waals surface area contributed by atoms with Crippen molar-refractivity contribution in [2.45, 2.75) is 70.5 Å². The molecule has 2 rings (SSSR count). The first kappa shape index (κ1) is 25.1. The second-order valence-electron chi connectivity index (χ2n) is 8.29. The summed E-state index contributed by atoms with van der Waals surface area (Å²) < 4.78 is 11.4. The molecule has 0 aliphatic carbocycles. The number of allylic oxidation sites excluding steroid dienone is 2. The molecule has 9 nitrogen and oxygen atoms in total. The number of hydrogen-bond donors (Lipinski definition) is 3. The van der Waals surface area contributed by atoms with Crippen LogP contribution in [0.1, 0.15) is 58.3 Å². The number of carbonyl (C=O) groups is 3. The Hall–Kier alpha value is -2.13. The fraction of sp³-hybridized carbons (Fsp3) is 0.773. The van der Waals surface area contributed by atoms with E-state index < -0.39 is 6.09 Å². The first-order valence-electron chi connectivity index (χ1n) is 11.4. The Labute approximate surface area is 184 Å². The number of ether oxygens (including phenoxy) is 2. The zero-order chi connectivity index (χ0) is 22.6. The molecule has 4 atom stereocenters. The summed E-state index contributed by atoms with van der Waals surface area (Å²) >= 11 is 0.